The minimum Gasteiger partial charge on any atom is -0.493 e. The van der Waals surface area contributed by atoms with Crippen LogP contribution in [-0.2, 0) is 6.42 Å². The van der Waals surface area contributed by atoms with Crippen molar-refractivity contribution in [3.8, 4) is 11.5 Å². The van der Waals surface area contributed by atoms with Gasteiger partial charge in [-0.1, -0.05) is 13.5 Å². The summed E-state index contributed by atoms with van der Waals surface area (Å²) in [6, 6.07) is 3.96. The maximum Gasteiger partial charge on any atom is 0.164 e. The van der Waals surface area contributed by atoms with E-state index in [0.717, 1.165) is 34.9 Å². The molecule has 0 bridgehead atoms. The molecule has 0 aromatic heterocycles. The number of hydrogen-bond donors (Lipinski definition) is 1. The Balaban J connectivity index is 3.20. The molecule has 0 amide bonds. The second-order valence-corrected chi connectivity index (χ2v) is 3.63. The van der Waals surface area contributed by atoms with E-state index in [1.807, 2.05) is 13.0 Å². The molecular formula is C13H19NO2. The highest BCUT2D eigenvalue weighted by Crippen LogP contribution is 2.35. The normalized spacial score (nSPS) is 9.75. The molecule has 1 N–H and O–H groups in total. The van der Waals surface area contributed by atoms with Gasteiger partial charge in [0.15, 0.2) is 11.5 Å². The average Bonchev–Trinajstić information content (AvgIpc) is 2.26. The van der Waals surface area contributed by atoms with Gasteiger partial charge in [-0.2, -0.15) is 0 Å². The first-order valence-corrected chi connectivity index (χ1v) is 5.29. The summed E-state index contributed by atoms with van der Waals surface area (Å²) in [4.78, 5) is 0. The van der Waals surface area contributed by atoms with E-state index in [4.69, 9.17) is 9.47 Å². The van der Waals surface area contributed by atoms with Crippen LogP contribution in [0.15, 0.2) is 24.4 Å². The summed E-state index contributed by atoms with van der Waals surface area (Å²) in [7, 11) is 3.30. The Morgan fingerprint density at radius 3 is 2.44 bits per heavy atom. The number of anilines is 1. The molecule has 0 saturated heterocycles. The summed E-state index contributed by atoms with van der Waals surface area (Å²) in [5, 5.41) is 3.18. The third kappa shape index (κ3) is 2.69. The summed E-state index contributed by atoms with van der Waals surface area (Å²) in [6.07, 6.45) is 0.894. The molecule has 0 heterocycles. The fourth-order valence-electron chi connectivity index (χ4n) is 1.62. The quantitative estimate of drug-likeness (QED) is 0.828. The lowest BCUT2D eigenvalue weighted by Crippen LogP contribution is -1.99. The highest BCUT2D eigenvalue weighted by molar-refractivity contribution is 5.60. The van der Waals surface area contributed by atoms with E-state index in [2.05, 4.69) is 24.9 Å². The summed E-state index contributed by atoms with van der Waals surface area (Å²) in [5.74, 6) is 1.54. The minimum absolute atomic E-state index is 0.741. The van der Waals surface area contributed by atoms with Gasteiger partial charge in [0.2, 0.25) is 0 Å². The van der Waals surface area contributed by atoms with Crippen LogP contribution in [-0.4, -0.2) is 14.2 Å². The molecule has 3 nitrogen and oxygen atoms in total. The monoisotopic (exact) mass is 221 g/mol. The third-order valence-corrected chi connectivity index (χ3v) is 2.29. The Hall–Kier alpha value is -1.64. The topological polar surface area (TPSA) is 30.5 Å². The highest BCUT2D eigenvalue weighted by atomic mass is 16.5. The molecule has 1 aromatic carbocycles. The third-order valence-electron chi connectivity index (χ3n) is 2.29. The first-order valence-electron chi connectivity index (χ1n) is 5.29. The summed E-state index contributed by atoms with van der Waals surface area (Å²) in [5.41, 5.74) is 2.99. The molecular weight excluding hydrogens is 202 g/mol. The second-order valence-electron chi connectivity index (χ2n) is 3.63. The lowest BCUT2D eigenvalue weighted by atomic mass is 10.1. The Kier molecular flexibility index (Phi) is 4.23. The van der Waals surface area contributed by atoms with Crippen LogP contribution in [0.2, 0.25) is 0 Å². The lowest BCUT2D eigenvalue weighted by molar-refractivity contribution is 0.352. The van der Waals surface area contributed by atoms with Gasteiger partial charge < -0.3 is 14.8 Å². The van der Waals surface area contributed by atoms with Gasteiger partial charge in [0.1, 0.15) is 0 Å². The van der Waals surface area contributed by atoms with Crippen molar-refractivity contribution in [2.24, 2.45) is 0 Å². The number of hydrogen-bond acceptors (Lipinski definition) is 3. The van der Waals surface area contributed by atoms with E-state index < -0.39 is 0 Å². The van der Waals surface area contributed by atoms with Gasteiger partial charge in [-0.3, -0.25) is 0 Å². The van der Waals surface area contributed by atoms with Crippen molar-refractivity contribution in [3.63, 3.8) is 0 Å². The zero-order chi connectivity index (χ0) is 12.1. The van der Waals surface area contributed by atoms with E-state index in [1.165, 1.54) is 0 Å². The standard InChI is InChI=1S/C13H19NO2/c1-6-10-7-11(14-9(2)3)8-12(15-4)13(10)16-5/h7-8,14H,2,6H2,1,3-5H3. The summed E-state index contributed by atoms with van der Waals surface area (Å²) in [6.45, 7) is 7.82. The molecule has 0 aliphatic carbocycles. The van der Waals surface area contributed by atoms with E-state index in [0.29, 0.717) is 0 Å². The maximum atomic E-state index is 5.34. The molecule has 1 aromatic rings. The van der Waals surface area contributed by atoms with Crippen LogP contribution in [0.3, 0.4) is 0 Å². The predicted molar refractivity (Wildman–Crippen MR) is 67.4 cm³/mol. The predicted octanol–water partition coefficient (Wildman–Crippen LogP) is 3.21. The van der Waals surface area contributed by atoms with Gasteiger partial charge in [-0.15, -0.1) is 0 Å². The molecule has 1 rings (SSSR count). The number of ether oxygens (including phenoxy) is 2. The maximum absolute atomic E-state index is 5.34. The summed E-state index contributed by atoms with van der Waals surface area (Å²) < 4.78 is 10.6. The molecule has 88 valence electrons. The summed E-state index contributed by atoms with van der Waals surface area (Å²) >= 11 is 0. The number of methoxy groups -OCH3 is 2. The molecule has 0 atom stereocenters. The molecule has 0 saturated carbocycles. The molecule has 0 aliphatic rings. The molecule has 16 heavy (non-hydrogen) atoms. The second kappa shape index (κ2) is 5.45. The van der Waals surface area contributed by atoms with Crippen LogP contribution >= 0.6 is 0 Å². The minimum atomic E-state index is 0.741. The lowest BCUT2D eigenvalue weighted by Gasteiger charge is -2.15. The van der Waals surface area contributed by atoms with Crippen molar-refractivity contribution >= 4 is 5.69 Å². The van der Waals surface area contributed by atoms with Gasteiger partial charge >= 0.3 is 0 Å². The Morgan fingerprint density at radius 2 is 2.00 bits per heavy atom. The van der Waals surface area contributed by atoms with Crippen LogP contribution in [0.1, 0.15) is 19.4 Å². The van der Waals surface area contributed by atoms with Gasteiger partial charge in [-0.25, -0.2) is 0 Å². The molecule has 0 aliphatic heterocycles. The molecule has 3 heteroatoms. The van der Waals surface area contributed by atoms with Gasteiger partial charge in [0.05, 0.1) is 14.2 Å². The van der Waals surface area contributed by atoms with Crippen molar-refractivity contribution in [2.45, 2.75) is 20.3 Å². The molecule has 0 radical (unpaired) electrons. The average molecular weight is 221 g/mol. The number of aryl methyl sites for hydroxylation is 1. The Labute approximate surface area is 97.1 Å². The Morgan fingerprint density at radius 1 is 1.31 bits per heavy atom. The number of nitrogens with one attached hydrogen (secondary N) is 1. The largest absolute Gasteiger partial charge is 0.493 e. The zero-order valence-corrected chi connectivity index (χ0v) is 10.4. The molecule has 0 unspecified atom stereocenters. The van der Waals surface area contributed by atoms with Crippen LogP contribution < -0.4 is 14.8 Å². The van der Waals surface area contributed by atoms with Crippen molar-refractivity contribution < 1.29 is 9.47 Å². The van der Waals surface area contributed by atoms with Crippen LogP contribution in [0.4, 0.5) is 5.69 Å². The van der Waals surface area contributed by atoms with E-state index in [-0.39, 0.29) is 0 Å². The first kappa shape index (κ1) is 12.4. The van der Waals surface area contributed by atoms with Crippen LogP contribution in [0, 0.1) is 0 Å². The van der Waals surface area contributed by atoms with E-state index in [9.17, 15) is 0 Å². The van der Waals surface area contributed by atoms with Crippen LogP contribution in [0.25, 0.3) is 0 Å². The van der Waals surface area contributed by atoms with Crippen molar-refractivity contribution in [1.82, 2.24) is 0 Å². The van der Waals surface area contributed by atoms with Crippen molar-refractivity contribution in [1.29, 1.82) is 0 Å². The van der Waals surface area contributed by atoms with Gasteiger partial charge in [0.25, 0.3) is 0 Å². The number of benzene rings is 1. The van der Waals surface area contributed by atoms with E-state index >= 15 is 0 Å². The number of rotatable bonds is 5. The van der Waals surface area contributed by atoms with Crippen molar-refractivity contribution in [2.75, 3.05) is 19.5 Å². The van der Waals surface area contributed by atoms with Gasteiger partial charge in [-0.05, 0) is 25.0 Å². The first-order chi connectivity index (χ1) is 7.62. The Bertz CT molecular complexity index is 361. The number of allylic oxidation sites excluding steroid dienone is 1. The molecule has 0 fully saturated rings. The van der Waals surface area contributed by atoms with Gasteiger partial charge in [0, 0.05) is 17.5 Å². The SMILES string of the molecule is C=C(C)Nc1cc(CC)c(OC)c(OC)c1. The van der Waals surface area contributed by atoms with Crippen molar-refractivity contribution in [3.05, 3.63) is 30.0 Å². The fraction of sp³-hybridized carbons (Fsp3) is 0.385. The highest BCUT2D eigenvalue weighted by Gasteiger charge is 2.10. The van der Waals surface area contributed by atoms with E-state index in [1.54, 1.807) is 14.2 Å². The van der Waals surface area contributed by atoms with Crippen LogP contribution in [0.5, 0.6) is 11.5 Å². The smallest absolute Gasteiger partial charge is 0.164 e. The fourth-order valence-corrected chi connectivity index (χ4v) is 1.62. The zero-order valence-electron chi connectivity index (χ0n) is 10.4. The molecule has 0 spiro atoms.